The number of aliphatic hydroxyl groups is 1. The van der Waals surface area contributed by atoms with E-state index in [1.54, 1.807) is 0 Å². The molecule has 0 fully saturated rings. The topological polar surface area (TPSA) is 58.6 Å². The minimum absolute atomic E-state index is 0.0328. The molecule has 0 saturated heterocycles. The number of aliphatic hydroxyl groups excluding tert-OH is 1. The second-order valence-corrected chi connectivity index (χ2v) is 5.29. The average Bonchev–Trinajstić information content (AvgIpc) is 2.41. The van der Waals surface area contributed by atoms with E-state index in [1.165, 1.54) is 7.11 Å². The lowest BCUT2D eigenvalue weighted by Crippen LogP contribution is -2.33. The van der Waals surface area contributed by atoms with Gasteiger partial charge in [0.05, 0.1) is 12.7 Å². The fourth-order valence-corrected chi connectivity index (χ4v) is 2.11. The highest BCUT2D eigenvalue weighted by Crippen LogP contribution is 2.18. The van der Waals surface area contributed by atoms with Gasteiger partial charge >= 0.3 is 0 Å². The van der Waals surface area contributed by atoms with E-state index in [0.29, 0.717) is 24.4 Å². The molecule has 1 aromatic carbocycles. The minimum Gasteiger partial charge on any atom is -0.391 e. The smallest absolute Gasteiger partial charge is 0.223 e. The number of hydrogen-bond acceptors (Lipinski definition) is 3. The lowest BCUT2D eigenvalue weighted by atomic mass is 10.0. The third-order valence-electron chi connectivity index (χ3n) is 3.07. The van der Waals surface area contributed by atoms with Gasteiger partial charge in [-0.1, -0.05) is 36.7 Å². The molecule has 1 amide bonds. The molecule has 1 aromatic rings. The van der Waals surface area contributed by atoms with Crippen molar-refractivity contribution in [1.29, 1.82) is 0 Å². The number of halogens is 1. The summed E-state index contributed by atoms with van der Waals surface area (Å²) >= 11 is 6.08. The Morgan fingerprint density at radius 3 is 2.80 bits per heavy atom. The molecule has 1 rings (SSSR count). The van der Waals surface area contributed by atoms with Crippen LogP contribution in [-0.4, -0.2) is 37.4 Å². The quantitative estimate of drug-likeness (QED) is 0.772. The number of benzene rings is 1. The lowest BCUT2D eigenvalue weighted by Gasteiger charge is -2.14. The molecule has 2 atom stereocenters. The van der Waals surface area contributed by atoms with Crippen molar-refractivity contribution in [1.82, 2.24) is 5.32 Å². The van der Waals surface area contributed by atoms with Crippen molar-refractivity contribution in [3.63, 3.8) is 0 Å². The van der Waals surface area contributed by atoms with E-state index in [0.717, 1.165) is 5.56 Å². The van der Waals surface area contributed by atoms with Crippen LogP contribution in [0.1, 0.15) is 18.9 Å². The van der Waals surface area contributed by atoms with Crippen molar-refractivity contribution in [2.45, 2.75) is 25.9 Å². The van der Waals surface area contributed by atoms with Crippen LogP contribution in [0, 0.1) is 5.92 Å². The largest absolute Gasteiger partial charge is 0.391 e. The zero-order valence-electron chi connectivity index (χ0n) is 11.9. The van der Waals surface area contributed by atoms with Crippen LogP contribution < -0.4 is 5.32 Å². The van der Waals surface area contributed by atoms with Crippen LogP contribution in [0.5, 0.6) is 0 Å². The van der Waals surface area contributed by atoms with E-state index in [1.807, 2.05) is 31.2 Å². The fraction of sp³-hybridized carbons (Fsp3) is 0.533. The van der Waals surface area contributed by atoms with E-state index < -0.39 is 6.10 Å². The first-order chi connectivity index (χ1) is 9.54. The van der Waals surface area contributed by atoms with Gasteiger partial charge in [0.1, 0.15) is 0 Å². The molecule has 0 spiro atoms. The van der Waals surface area contributed by atoms with Crippen LogP contribution >= 0.6 is 11.6 Å². The van der Waals surface area contributed by atoms with Crippen molar-refractivity contribution in [2.24, 2.45) is 5.92 Å². The first kappa shape index (κ1) is 17.0. The number of amides is 1. The Morgan fingerprint density at radius 2 is 2.15 bits per heavy atom. The maximum Gasteiger partial charge on any atom is 0.223 e. The summed E-state index contributed by atoms with van der Waals surface area (Å²) in [6.07, 6.45) is 0.545. The van der Waals surface area contributed by atoms with E-state index in [2.05, 4.69) is 5.32 Å². The molecular formula is C15H22ClNO3. The Kier molecular flexibility index (Phi) is 7.59. The van der Waals surface area contributed by atoms with Crippen LogP contribution in [0.3, 0.4) is 0 Å². The van der Waals surface area contributed by atoms with Gasteiger partial charge in [0.15, 0.2) is 0 Å². The Morgan fingerprint density at radius 1 is 1.45 bits per heavy atom. The SMILES string of the molecule is COCC(O)CCNC(=O)C(C)Cc1ccccc1Cl. The summed E-state index contributed by atoms with van der Waals surface area (Å²) in [7, 11) is 1.54. The molecule has 0 aliphatic heterocycles. The van der Waals surface area contributed by atoms with E-state index in [-0.39, 0.29) is 18.4 Å². The number of hydrogen-bond donors (Lipinski definition) is 2. The maximum atomic E-state index is 11.9. The molecular weight excluding hydrogens is 278 g/mol. The van der Waals surface area contributed by atoms with Crippen molar-refractivity contribution in [2.75, 3.05) is 20.3 Å². The summed E-state index contributed by atoms with van der Waals surface area (Å²) < 4.78 is 4.82. The van der Waals surface area contributed by atoms with Gasteiger partial charge in [-0.05, 0) is 24.5 Å². The highest BCUT2D eigenvalue weighted by Gasteiger charge is 2.15. The number of ether oxygens (including phenoxy) is 1. The molecule has 20 heavy (non-hydrogen) atoms. The Bertz CT molecular complexity index is 425. The monoisotopic (exact) mass is 299 g/mol. The van der Waals surface area contributed by atoms with Crippen molar-refractivity contribution in [3.8, 4) is 0 Å². The Hall–Kier alpha value is -1.10. The maximum absolute atomic E-state index is 11.9. The van der Waals surface area contributed by atoms with Crippen molar-refractivity contribution in [3.05, 3.63) is 34.9 Å². The molecule has 0 aliphatic rings. The molecule has 4 nitrogen and oxygen atoms in total. The van der Waals surface area contributed by atoms with E-state index >= 15 is 0 Å². The molecule has 0 saturated carbocycles. The van der Waals surface area contributed by atoms with Crippen molar-refractivity contribution < 1.29 is 14.6 Å². The van der Waals surface area contributed by atoms with Crippen LogP contribution in [0.15, 0.2) is 24.3 Å². The third-order valence-corrected chi connectivity index (χ3v) is 3.44. The summed E-state index contributed by atoms with van der Waals surface area (Å²) in [6, 6.07) is 7.53. The zero-order chi connectivity index (χ0) is 15.0. The number of rotatable bonds is 8. The molecule has 0 heterocycles. The minimum atomic E-state index is -0.542. The second-order valence-electron chi connectivity index (χ2n) is 4.89. The summed E-state index contributed by atoms with van der Waals surface area (Å²) in [6.45, 7) is 2.59. The molecule has 2 unspecified atom stereocenters. The van der Waals surface area contributed by atoms with Gasteiger partial charge in [-0.25, -0.2) is 0 Å². The second kappa shape index (κ2) is 8.95. The normalized spacial score (nSPS) is 13.8. The summed E-state index contributed by atoms with van der Waals surface area (Å²) in [4.78, 5) is 11.9. The summed E-state index contributed by atoms with van der Waals surface area (Å²) in [5.41, 5.74) is 0.969. The molecule has 2 N–H and O–H groups in total. The van der Waals surface area contributed by atoms with Gasteiger partial charge in [0, 0.05) is 24.6 Å². The van der Waals surface area contributed by atoms with E-state index in [4.69, 9.17) is 16.3 Å². The number of carbonyl (C=O) groups excluding carboxylic acids is 1. The molecule has 5 heteroatoms. The predicted molar refractivity (Wildman–Crippen MR) is 79.8 cm³/mol. The van der Waals surface area contributed by atoms with Crippen LogP contribution in [0.4, 0.5) is 0 Å². The third kappa shape index (κ3) is 5.90. The highest BCUT2D eigenvalue weighted by atomic mass is 35.5. The van der Waals surface area contributed by atoms with Crippen LogP contribution in [-0.2, 0) is 16.0 Å². The van der Waals surface area contributed by atoms with Gasteiger partial charge in [-0.3, -0.25) is 4.79 Å². The van der Waals surface area contributed by atoms with Gasteiger partial charge in [0.25, 0.3) is 0 Å². The molecule has 0 bridgehead atoms. The van der Waals surface area contributed by atoms with Crippen molar-refractivity contribution >= 4 is 17.5 Å². The van der Waals surface area contributed by atoms with Crippen LogP contribution in [0.2, 0.25) is 5.02 Å². The predicted octanol–water partition coefficient (Wildman–Crippen LogP) is 2.03. The highest BCUT2D eigenvalue weighted by molar-refractivity contribution is 6.31. The molecule has 0 radical (unpaired) electrons. The average molecular weight is 300 g/mol. The standard InChI is InChI=1S/C15H22ClNO3/c1-11(9-12-5-3-4-6-14(12)16)15(19)17-8-7-13(18)10-20-2/h3-6,11,13,18H,7-10H2,1-2H3,(H,17,19). The summed E-state index contributed by atoms with van der Waals surface area (Å²) in [5.74, 6) is -0.191. The molecule has 0 aromatic heterocycles. The van der Waals surface area contributed by atoms with Gasteiger partial charge in [-0.2, -0.15) is 0 Å². The van der Waals surface area contributed by atoms with Crippen LogP contribution in [0.25, 0.3) is 0 Å². The molecule has 112 valence electrons. The fourth-order valence-electron chi connectivity index (χ4n) is 1.90. The lowest BCUT2D eigenvalue weighted by molar-refractivity contribution is -0.124. The van der Waals surface area contributed by atoms with E-state index in [9.17, 15) is 9.90 Å². The van der Waals surface area contributed by atoms with Gasteiger partial charge < -0.3 is 15.2 Å². The number of methoxy groups -OCH3 is 1. The van der Waals surface area contributed by atoms with Gasteiger partial charge in [-0.15, -0.1) is 0 Å². The first-order valence-electron chi connectivity index (χ1n) is 6.72. The first-order valence-corrected chi connectivity index (χ1v) is 7.10. The Balaban J connectivity index is 2.34. The zero-order valence-corrected chi connectivity index (χ0v) is 12.7. The van der Waals surface area contributed by atoms with Gasteiger partial charge in [0.2, 0.25) is 5.91 Å². The number of nitrogens with one attached hydrogen (secondary N) is 1. The Labute approximate surface area is 125 Å². The number of carbonyl (C=O) groups is 1. The molecule has 0 aliphatic carbocycles. The summed E-state index contributed by atoms with van der Waals surface area (Å²) in [5, 5.41) is 13.0.